The van der Waals surface area contributed by atoms with Crippen molar-refractivity contribution in [2.45, 2.75) is 33.6 Å². The molecule has 2 aromatic rings. The summed E-state index contributed by atoms with van der Waals surface area (Å²) in [5.74, 6) is 2.71. The minimum absolute atomic E-state index is 0.451. The van der Waals surface area contributed by atoms with Crippen LogP contribution in [0, 0.1) is 5.92 Å². The fourth-order valence-electron chi connectivity index (χ4n) is 2.13. The Hall–Kier alpha value is -1.97. The highest BCUT2D eigenvalue weighted by atomic mass is 16.5. The second-order valence-corrected chi connectivity index (χ2v) is 5.04. The van der Waals surface area contributed by atoms with E-state index in [2.05, 4.69) is 19.0 Å². The minimum atomic E-state index is 0.451. The summed E-state index contributed by atoms with van der Waals surface area (Å²) in [4.78, 5) is 0. The van der Waals surface area contributed by atoms with Gasteiger partial charge in [-0.1, -0.05) is 37.6 Å². The SMILES string of the molecule is CCOc1ccc(-c2c(N)noc2CC(C)CC)cc1. The maximum atomic E-state index is 5.95. The highest BCUT2D eigenvalue weighted by Crippen LogP contribution is 2.32. The van der Waals surface area contributed by atoms with E-state index in [4.69, 9.17) is 15.0 Å². The van der Waals surface area contributed by atoms with Crippen molar-refractivity contribution in [3.8, 4) is 16.9 Å². The first-order chi connectivity index (χ1) is 9.65. The van der Waals surface area contributed by atoms with Crippen molar-refractivity contribution in [2.75, 3.05) is 12.3 Å². The van der Waals surface area contributed by atoms with Gasteiger partial charge in [-0.15, -0.1) is 0 Å². The van der Waals surface area contributed by atoms with E-state index >= 15 is 0 Å². The van der Waals surface area contributed by atoms with Gasteiger partial charge in [0.15, 0.2) is 5.82 Å². The van der Waals surface area contributed by atoms with Crippen molar-refractivity contribution in [1.82, 2.24) is 5.16 Å². The molecule has 1 heterocycles. The summed E-state index contributed by atoms with van der Waals surface area (Å²) in [5, 5.41) is 3.91. The molecule has 0 saturated heterocycles. The predicted octanol–water partition coefficient (Wildman–Crippen LogP) is 3.91. The molecule has 0 fully saturated rings. The Balaban J connectivity index is 2.29. The van der Waals surface area contributed by atoms with E-state index in [1.807, 2.05) is 31.2 Å². The Kier molecular flexibility index (Phi) is 4.66. The molecular formula is C16H22N2O2. The average molecular weight is 274 g/mol. The van der Waals surface area contributed by atoms with Crippen molar-refractivity contribution in [2.24, 2.45) is 5.92 Å². The van der Waals surface area contributed by atoms with Crippen molar-refractivity contribution in [1.29, 1.82) is 0 Å². The van der Waals surface area contributed by atoms with Crippen molar-refractivity contribution >= 4 is 5.82 Å². The molecule has 1 aromatic heterocycles. The Morgan fingerprint density at radius 3 is 2.55 bits per heavy atom. The second-order valence-electron chi connectivity index (χ2n) is 5.04. The lowest BCUT2D eigenvalue weighted by Crippen LogP contribution is -1.99. The van der Waals surface area contributed by atoms with Gasteiger partial charge in [0.1, 0.15) is 11.5 Å². The largest absolute Gasteiger partial charge is 0.494 e. The summed E-state index contributed by atoms with van der Waals surface area (Å²) in [6.07, 6.45) is 1.95. The molecule has 1 atom stereocenters. The van der Waals surface area contributed by atoms with Crippen LogP contribution in [0.4, 0.5) is 5.82 Å². The molecule has 0 amide bonds. The lowest BCUT2D eigenvalue weighted by atomic mass is 9.97. The summed E-state index contributed by atoms with van der Waals surface area (Å²) >= 11 is 0. The van der Waals surface area contributed by atoms with Crippen LogP contribution in [0.3, 0.4) is 0 Å². The summed E-state index contributed by atoms with van der Waals surface area (Å²) in [5.41, 5.74) is 7.88. The number of nitrogen functional groups attached to an aromatic ring is 1. The van der Waals surface area contributed by atoms with E-state index in [0.717, 1.165) is 35.5 Å². The van der Waals surface area contributed by atoms with Crippen molar-refractivity contribution in [3.05, 3.63) is 30.0 Å². The van der Waals surface area contributed by atoms with Gasteiger partial charge in [-0.3, -0.25) is 0 Å². The quantitative estimate of drug-likeness (QED) is 0.867. The maximum Gasteiger partial charge on any atom is 0.175 e. The number of hydrogen-bond acceptors (Lipinski definition) is 4. The molecule has 4 heteroatoms. The number of benzene rings is 1. The van der Waals surface area contributed by atoms with Gasteiger partial charge < -0.3 is 15.0 Å². The highest BCUT2D eigenvalue weighted by Gasteiger charge is 2.17. The standard InChI is InChI=1S/C16H22N2O2/c1-4-11(3)10-14-15(16(17)18-20-14)12-6-8-13(9-7-12)19-5-2/h6-9,11H,4-5,10H2,1-3H3,(H2,17,18). The second kappa shape index (κ2) is 6.46. The molecule has 2 N–H and O–H groups in total. The zero-order chi connectivity index (χ0) is 14.5. The fourth-order valence-corrected chi connectivity index (χ4v) is 2.13. The molecule has 108 valence electrons. The number of anilines is 1. The number of aromatic nitrogens is 1. The third kappa shape index (κ3) is 3.13. The third-order valence-electron chi connectivity index (χ3n) is 3.47. The predicted molar refractivity (Wildman–Crippen MR) is 80.7 cm³/mol. The van der Waals surface area contributed by atoms with E-state index in [-0.39, 0.29) is 0 Å². The third-order valence-corrected chi connectivity index (χ3v) is 3.47. The lowest BCUT2D eigenvalue weighted by Gasteiger charge is -2.08. The van der Waals surface area contributed by atoms with Crippen molar-refractivity contribution in [3.63, 3.8) is 0 Å². The number of nitrogens with two attached hydrogens (primary N) is 1. The first-order valence-corrected chi connectivity index (χ1v) is 7.12. The van der Waals surface area contributed by atoms with Gasteiger partial charge in [-0.2, -0.15) is 0 Å². The zero-order valence-electron chi connectivity index (χ0n) is 12.3. The summed E-state index contributed by atoms with van der Waals surface area (Å²) in [7, 11) is 0. The molecule has 0 aliphatic rings. The van der Waals surface area contributed by atoms with Crippen molar-refractivity contribution < 1.29 is 9.26 Å². The average Bonchev–Trinajstić information content (AvgIpc) is 2.81. The molecule has 20 heavy (non-hydrogen) atoms. The first kappa shape index (κ1) is 14.4. The summed E-state index contributed by atoms with van der Waals surface area (Å²) < 4.78 is 10.8. The molecule has 0 spiro atoms. The van der Waals surface area contributed by atoms with E-state index in [9.17, 15) is 0 Å². The number of rotatable bonds is 6. The van der Waals surface area contributed by atoms with E-state index in [1.54, 1.807) is 0 Å². The normalized spacial score (nSPS) is 12.3. The van der Waals surface area contributed by atoms with Crippen LogP contribution in [-0.2, 0) is 6.42 Å². The van der Waals surface area contributed by atoms with Crippen LogP contribution < -0.4 is 10.5 Å². The Bertz CT molecular complexity index is 546. The minimum Gasteiger partial charge on any atom is -0.494 e. The Morgan fingerprint density at radius 1 is 1.25 bits per heavy atom. The van der Waals surface area contributed by atoms with E-state index < -0.39 is 0 Å². The topological polar surface area (TPSA) is 61.3 Å². The molecule has 2 rings (SSSR count). The van der Waals surface area contributed by atoms with E-state index in [0.29, 0.717) is 18.3 Å². The van der Waals surface area contributed by atoms with Crippen LogP contribution in [0.1, 0.15) is 33.0 Å². The maximum absolute atomic E-state index is 5.95. The molecule has 0 saturated carbocycles. The monoisotopic (exact) mass is 274 g/mol. The summed E-state index contributed by atoms with van der Waals surface area (Å²) in [6, 6.07) is 7.87. The zero-order valence-corrected chi connectivity index (χ0v) is 12.3. The smallest absolute Gasteiger partial charge is 0.175 e. The number of hydrogen-bond donors (Lipinski definition) is 1. The van der Waals surface area contributed by atoms with Gasteiger partial charge in [0.05, 0.1) is 12.2 Å². The van der Waals surface area contributed by atoms with Crippen LogP contribution in [0.25, 0.3) is 11.1 Å². The van der Waals surface area contributed by atoms with Crippen LogP contribution in [0.15, 0.2) is 28.8 Å². The molecular weight excluding hydrogens is 252 g/mol. The van der Waals surface area contributed by atoms with Gasteiger partial charge in [0, 0.05) is 6.42 Å². The fraction of sp³-hybridized carbons (Fsp3) is 0.438. The van der Waals surface area contributed by atoms with Gasteiger partial charge in [-0.25, -0.2) is 0 Å². The lowest BCUT2D eigenvalue weighted by molar-refractivity contribution is 0.340. The van der Waals surface area contributed by atoms with Crippen LogP contribution in [-0.4, -0.2) is 11.8 Å². The first-order valence-electron chi connectivity index (χ1n) is 7.12. The van der Waals surface area contributed by atoms with Crippen LogP contribution >= 0.6 is 0 Å². The van der Waals surface area contributed by atoms with E-state index in [1.165, 1.54) is 0 Å². The van der Waals surface area contributed by atoms with Gasteiger partial charge in [0.25, 0.3) is 0 Å². The highest BCUT2D eigenvalue weighted by molar-refractivity contribution is 5.75. The van der Waals surface area contributed by atoms with Gasteiger partial charge in [-0.05, 0) is 30.5 Å². The molecule has 0 aliphatic carbocycles. The number of ether oxygens (including phenoxy) is 1. The van der Waals surface area contributed by atoms with Crippen LogP contribution in [0.5, 0.6) is 5.75 Å². The molecule has 1 aromatic carbocycles. The van der Waals surface area contributed by atoms with Crippen LogP contribution in [0.2, 0.25) is 0 Å². The molecule has 0 radical (unpaired) electrons. The number of nitrogens with zero attached hydrogens (tertiary/aromatic N) is 1. The van der Waals surface area contributed by atoms with Gasteiger partial charge >= 0.3 is 0 Å². The van der Waals surface area contributed by atoms with Gasteiger partial charge in [0.2, 0.25) is 0 Å². The summed E-state index contributed by atoms with van der Waals surface area (Å²) in [6.45, 7) is 6.99. The molecule has 4 nitrogen and oxygen atoms in total. The Labute approximate surface area is 119 Å². The molecule has 1 unspecified atom stereocenters. The molecule has 0 aliphatic heterocycles. The Morgan fingerprint density at radius 2 is 1.95 bits per heavy atom. The molecule has 0 bridgehead atoms.